The summed E-state index contributed by atoms with van der Waals surface area (Å²) in [6, 6.07) is 1.31. The van der Waals surface area contributed by atoms with Crippen LogP contribution in [-0.4, -0.2) is 18.4 Å². The maximum Gasteiger partial charge on any atom is 1.00 e. The van der Waals surface area contributed by atoms with Crippen LogP contribution in [0.1, 0.15) is 21.5 Å². The van der Waals surface area contributed by atoms with Gasteiger partial charge in [0.25, 0.3) is 5.91 Å². The van der Waals surface area contributed by atoms with Crippen LogP contribution in [0.5, 0.6) is 0 Å². The molecule has 1 aromatic rings. The van der Waals surface area contributed by atoms with Gasteiger partial charge >= 0.3 is 41.9 Å². The monoisotopic (exact) mass is 337 g/mol. The average Bonchev–Trinajstić information content (AvgIpc) is 2.32. The second-order valence-electron chi connectivity index (χ2n) is 3.78. The van der Waals surface area contributed by atoms with Crippen molar-refractivity contribution >= 4 is 11.9 Å². The molecule has 0 spiro atoms. The Hall–Kier alpha value is -1.26. The number of nitrogens with one attached hydrogen (secondary N) is 1. The van der Waals surface area contributed by atoms with Gasteiger partial charge in [-0.15, -0.1) is 0 Å². The molecule has 1 aromatic carbocycles. The molecule has 0 saturated heterocycles. The number of alkyl halides is 6. The molecule has 0 heterocycles. The van der Waals surface area contributed by atoms with Gasteiger partial charge in [-0.05, 0) is 12.1 Å². The number of carbonyl (C=O) groups is 2. The molecule has 0 aliphatic heterocycles. The summed E-state index contributed by atoms with van der Waals surface area (Å²) in [7, 11) is 0. The minimum absolute atomic E-state index is 0. The number of amides is 1. The zero-order valence-electron chi connectivity index (χ0n) is 10.9. The van der Waals surface area contributed by atoms with Crippen LogP contribution < -0.4 is 40.0 Å². The molecule has 22 heavy (non-hydrogen) atoms. The van der Waals surface area contributed by atoms with Gasteiger partial charge in [-0.1, -0.05) is 6.07 Å². The number of carbonyl (C=O) groups excluding carboxylic acids is 2. The predicted molar refractivity (Wildman–Crippen MR) is 53.8 cm³/mol. The van der Waals surface area contributed by atoms with Gasteiger partial charge < -0.3 is 15.2 Å². The molecule has 0 bridgehead atoms. The first-order valence-corrected chi connectivity index (χ1v) is 5.20. The van der Waals surface area contributed by atoms with Crippen molar-refractivity contribution in [1.29, 1.82) is 0 Å². The summed E-state index contributed by atoms with van der Waals surface area (Å²) in [6.07, 6.45) is -10.8. The van der Waals surface area contributed by atoms with E-state index in [-0.39, 0.29) is 35.6 Å². The van der Waals surface area contributed by atoms with Crippen molar-refractivity contribution in [2.24, 2.45) is 0 Å². The number of rotatable bonds is 3. The van der Waals surface area contributed by atoms with Crippen LogP contribution in [0.2, 0.25) is 0 Å². The van der Waals surface area contributed by atoms with Crippen LogP contribution in [0, 0.1) is 0 Å². The first-order chi connectivity index (χ1) is 9.44. The number of aliphatic carboxylic acids is 1. The second kappa shape index (κ2) is 7.34. The number of carboxylic acid groups (broad SMARTS) is 1. The summed E-state index contributed by atoms with van der Waals surface area (Å²) in [4.78, 5) is 21.5. The van der Waals surface area contributed by atoms with E-state index in [4.69, 9.17) is 0 Å². The number of hydrogen-bond donors (Lipinski definition) is 1. The molecule has 1 amide bonds. The second-order valence-corrected chi connectivity index (χ2v) is 3.78. The number of benzene rings is 1. The molecule has 0 aliphatic carbocycles. The summed E-state index contributed by atoms with van der Waals surface area (Å²) in [5.74, 6) is -3.40. The molecule has 0 fully saturated rings. The fourth-order valence-corrected chi connectivity index (χ4v) is 1.53. The Kier molecular flexibility index (Phi) is 6.92. The normalized spacial score (nSPS) is 11.5. The van der Waals surface area contributed by atoms with Crippen molar-refractivity contribution in [2.45, 2.75) is 12.4 Å². The smallest absolute Gasteiger partial charge is 0.548 e. The van der Waals surface area contributed by atoms with Gasteiger partial charge in [0.15, 0.2) is 0 Å². The molecule has 0 aliphatic rings. The van der Waals surface area contributed by atoms with E-state index in [9.17, 15) is 41.0 Å². The Morgan fingerprint density at radius 1 is 1.05 bits per heavy atom. The van der Waals surface area contributed by atoms with E-state index in [0.29, 0.717) is 12.1 Å². The van der Waals surface area contributed by atoms with Crippen molar-refractivity contribution in [1.82, 2.24) is 5.32 Å². The van der Waals surface area contributed by atoms with Gasteiger partial charge in [0.05, 0.1) is 29.2 Å². The standard InChI is InChI=1S/C11H7F6NO3.Na/c12-10(13,14)6-3-1-2-5(8(6)11(15,16)17)9(21)18-4-7(19)20;/h1-3H,4H2,(H,18,21)(H,19,20);/q;+1/p-1. The molecule has 116 valence electrons. The minimum Gasteiger partial charge on any atom is -0.548 e. The average molecular weight is 337 g/mol. The topological polar surface area (TPSA) is 69.2 Å². The van der Waals surface area contributed by atoms with E-state index < -0.39 is 47.5 Å². The van der Waals surface area contributed by atoms with Crippen LogP contribution in [0.25, 0.3) is 0 Å². The fourth-order valence-electron chi connectivity index (χ4n) is 1.53. The molecule has 0 radical (unpaired) electrons. The van der Waals surface area contributed by atoms with E-state index in [2.05, 4.69) is 0 Å². The molecule has 0 saturated carbocycles. The Bertz CT molecular complexity index is 570. The van der Waals surface area contributed by atoms with E-state index in [1.807, 2.05) is 0 Å². The maximum absolute atomic E-state index is 12.8. The van der Waals surface area contributed by atoms with E-state index in [0.717, 1.165) is 0 Å². The van der Waals surface area contributed by atoms with Gasteiger partial charge in [0.2, 0.25) is 0 Å². The van der Waals surface area contributed by atoms with Crippen molar-refractivity contribution < 1.29 is 70.6 Å². The molecule has 11 heteroatoms. The molecular formula is C11H6F6NNaO3. The number of halogens is 6. The van der Waals surface area contributed by atoms with Crippen molar-refractivity contribution in [2.75, 3.05) is 6.54 Å². The quantitative estimate of drug-likeness (QED) is 0.523. The molecule has 0 aromatic heterocycles. The molecule has 1 rings (SSSR count). The minimum atomic E-state index is -5.44. The molecule has 0 unspecified atom stereocenters. The number of hydrogen-bond acceptors (Lipinski definition) is 3. The summed E-state index contributed by atoms with van der Waals surface area (Å²) >= 11 is 0. The molecule has 4 nitrogen and oxygen atoms in total. The van der Waals surface area contributed by atoms with Crippen LogP contribution in [0.15, 0.2) is 18.2 Å². The Morgan fingerprint density at radius 2 is 1.59 bits per heavy atom. The van der Waals surface area contributed by atoms with E-state index in [1.54, 1.807) is 0 Å². The molecule has 1 N–H and O–H groups in total. The zero-order valence-corrected chi connectivity index (χ0v) is 12.9. The third kappa shape index (κ3) is 5.18. The van der Waals surface area contributed by atoms with Gasteiger partial charge in [0, 0.05) is 0 Å². The van der Waals surface area contributed by atoms with Gasteiger partial charge in [-0.25, -0.2) is 0 Å². The van der Waals surface area contributed by atoms with E-state index in [1.165, 1.54) is 5.32 Å². The van der Waals surface area contributed by atoms with Crippen molar-refractivity contribution in [3.05, 3.63) is 34.9 Å². The largest absolute Gasteiger partial charge is 1.00 e. The Balaban J connectivity index is 0.00000441. The fraction of sp³-hybridized carbons (Fsp3) is 0.273. The summed E-state index contributed by atoms with van der Waals surface area (Å²) in [5.41, 5.74) is -5.52. The number of carboxylic acids is 1. The van der Waals surface area contributed by atoms with Gasteiger partial charge in [-0.3, -0.25) is 4.79 Å². The van der Waals surface area contributed by atoms with Gasteiger partial charge in [0.1, 0.15) is 0 Å². The first-order valence-electron chi connectivity index (χ1n) is 5.20. The maximum atomic E-state index is 12.8. The molecule has 0 atom stereocenters. The summed E-state index contributed by atoms with van der Waals surface area (Å²) in [6.45, 7) is -1.13. The first kappa shape index (κ1) is 20.7. The van der Waals surface area contributed by atoms with Crippen LogP contribution in [0.4, 0.5) is 26.3 Å². The van der Waals surface area contributed by atoms with Crippen LogP contribution in [0.3, 0.4) is 0 Å². The van der Waals surface area contributed by atoms with Crippen LogP contribution >= 0.6 is 0 Å². The third-order valence-electron chi connectivity index (χ3n) is 2.29. The Labute approximate surface area is 141 Å². The SMILES string of the molecule is O=C([O-])CNC(=O)c1cccc(C(F)(F)F)c1C(F)(F)F.[Na+]. The summed E-state index contributed by atoms with van der Waals surface area (Å²) < 4.78 is 76.2. The van der Waals surface area contributed by atoms with Crippen molar-refractivity contribution in [3.63, 3.8) is 0 Å². The van der Waals surface area contributed by atoms with Gasteiger partial charge in [-0.2, -0.15) is 26.3 Å². The summed E-state index contributed by atoms with van der Waals surface area (Å²) in [5, 5.41) is 11.6. The van der Waals surface area contributed by atoms with Crippen molar-refractivity contribution in [3.8, 4) is 0 Å². The van der Waals surface area contributed by atoms with Crippen LogP contribution in [-0.2, 0) is 17.1 Å². The Morgan fingerprint density at radius 3 is 2.00 bits per heavy atom. The third-order valence-corrected chi connectivity index (χ3v) is 2.29. The predicted octanol–water partition coefficient (Wildman–Crippen LogP) is -1.79. The van der Waals surface area contributed by atoms with E-state index >= 15 is 0 Å². The molecular weight excluding hydrogens is 331 g/mol. The zero-order chi connectivity index (χ0) is 16.4.